The van der Waals surface area contributed by atoms with Crippen molar-refractivity contribution in [2.45, 2.75) is 0 Å². The van der Waals surface area contributed by atoms with E-state index in [0.717, 1.165) is 0 Å². The molecule has 36 valence electrons. The quantitative estimate of drug-likeness (QED) is 0.381. The van der Waals surface area contributed by atoms with Gasteiger partial charge in [-0.1, -0.05) is 0 Å². The van der Waals surface area contributed by atoms with Gasteiger partial charge in [-0.2, -0.15) is 8.42 Å². The lowest BCUT2D eigenvalue weighted by molar-refractivity contribution is -0.477. The predicted octanol–water partition coefficient (Wildman–Crippen LogP) is -0.875. The fraction of sp³-hybridized carbons (Fsp3) is 0. The lowest BCUT2D eigenvalue weighted by Gasteiger charge is -2.05. The number of rotatable bonds is 0. The molecule has 1 rings (SSSR count). The molecule has 0 bridgehead atoms. The molecule has 0 aromatic carbocycles. The molecule has 1 heterocycles. The van der Waals surface area contributed by atoms with E-state index >= 15 is 0 Å². The van der Waals surface area contributed by atoms with Crippen molar-refractivity contribution in [2.24, 2.45) is 0 Å². The van der Waals surface area contributed by atoms with Crippen LogP contribution in [0.3, 0.4) is 0 Å². The van der Waals surface area contributed by atoms with Crippen molar-refractivity contribution in [3.05, 3.63) is 0 Å². The summed E-state index contributed by atoms with van der Waals surface area (Å²) in [4.78, 5) is 0. The van der Waals surface area contributed by atoms with Gasteiger partial charge in [0.2, 0.25) is 0 Å². The van der Waals surface area contributed by atoms with E-state index in [0.29, 0.717) is 0 Å². The van der Waals surface area contributed by atoms with Crippen LogP contribution in [-0.2, 0) is 24.1 Å². The molecule has 1 aliphatic heterocycles. The van der Waals surface area contributed by atoms with Gasteiger partial charge in [0, 0.05) is 0 Å². The van der Waals surface area contributed by atoms with Crippen LogP contribution < -0.4 is 0 Å². The van der Waals surface area contributed by atoms with Gasteiger partial charge in [0.1, 0.15) is 0 Å². The summed E-state index contributed by atoms with van der Waals surface area (Å²) in [5.74, 6) is 0. The molecular formula is O5S. The standard InChI is InChI=1S/O5S/c1-6(2)4-3-5-6. The second-order valence-corrected chi connectivity index (χ2v) is 1.70. The first-order valence-electron chi connectivity index (χ1n) is 1.00. The normalized spacial score (nSPS) is 28.7. The van der Waals surface area contributed by atoms with Gasteiger partial charge in [0.15, 0.2) is 0 Å². The van der Waals surface area contributed by atoms with Gasteiger partial charge in [-0.3, -0.25) is 0 Å². The van der Waals surface area contributed by atoms with Crippen LogP contribution in [0, 0.1) is 0 Å². The maximum absolute atomic E-state index is 9.52. The van der Waals surface area contributed by atoms with Gasteiger partial charge >= 0.3 is 10.4 Å². The molecule has 0 aliphatic carbocycles. The summed E-state index contributed by atoms with van der Waals surface area (Å²) in [7, 11) is -3.70. The zero-order valence-electron chi connectivity index (χ0n) is 2.45. The Balaban J connectivity index is 2.78. The Kier molecular flexibility index (Phi) is 0.606. The highest BCUT2D eigenvalue weighted by atomic mass is 32.3. The first-order chi connectivity index (χ1) is 2.71. The minimum atomic E-state index is -3.70. The fourth-order valence-corrected chi connectivity index (χ4v) is 0.219. The lowest BCUT2D eigenvalue weighted by Crippen LogP contribution is -2.20. The van der Waals surface area contributed by atoms with Crippen LogP contribution in [0.5, 0.6) is 0 Å². The highest BCUT2D eigenvalue weighted by Gasteiger charge is 2.26. The molecule has 0 atom stereocenters. The van der Waals surface area contributed by atoms with Crippen molar-refractivity contribution in [3.63, 3.8) is 0 Å². The van der Waals surface area contributed by atoms with E-state index in [4.69, 9.17) is 0 Å². The SMILES string of the molecule is O=S1(=O)OOO1. The van der Waals surface area contributed by atoms with E-state index in [9.17, 15) is 8.42 Å². The molecule has 6 heteroatoms. The molecule has 0 unspecified atom stereocenters. The Morgan fingerprint density at radius 2 is 1.50 bits per heavy atom. The van der Waals surface area contributed by atoms with E-state index in [1.54, 1.807) is 0 Å². The van der Waals surface area contributed by atoms with E-state index < -0.39 is 10.4 Å². The van der Waals surface area contributed by atoms with Crippen LogP contribution in [-0.4, -0.2) is 8.42 Å². The summed E-state index contributed by atoms with van der Waals surface area (Å²) in [5, 5.41) is 3.35. The summed E-state index contributed by atoms with van der Waals surface area (Å²) in [6, 6.07) is 0. The Labute approximate surface area is 33.6 Å². The molecule has 0 aromatic rings. The molecule has 0 radical (unpaired) electrons. The molecule has 6 heavy (non-hydrogen) atoms. The fourth-order valence-electron chi connectivity index (χ4n) is 0.0731. The minimum absolute atomic E-state index is 3.35. The third kappa shape index (κ3) is 0.500. The second kappa shape index (κ2) is 0.909. The molecule has 1 aliphatic rings. The van der Waals surface area contributed by atoms with Crippen molar-refractivity contribution in [1.82, 2.24) is 0 Å². The van der Waals surface area contributed by atoms with Crippen LogP contribution in [0.4, 0.5) is 0 Å². The first-order valence-corrected chi connectivity index (χ1v) is 2.33. The molecule has 0 amide bonds. The minimum Gasteiger partial charge on any atom is -0.164 e. The monoisotopic (exact) mass is 112 g/mol. The van der Waals surface area contributed by atoms with Crippen LogP contribution >= 0.6 is 0 Å². The van der Waals surface area contributed by atoms with Crippen LogP contribution in [0.25, 0.3) is 0 Å². The average Bonchev–Trinajstić information content (AvgIpc) is 1.32. The van der Waals surface area contributed by atoms with Gasteiger partial charge < -0.3 is 0 Å². The first kappa shape index (κ1) is 4.00. The average molecular weight is 112 g/mol. The largest absolute Gasteiger partial charge is 0.457 e. The Bertz CT molecular complexity index is 118. The van der Waals surface area contributed by atoms with Gasteiger partial charge in [0.05, 0.1) is 0 Å². The molecule has 1 saturated heterocycles. The van der Waals surface area contributed by atoms with Crippen molar-refractivity contribution >= 4 is 10.4 Å². The molecule has 0 saturated carbocycles. The summed E-state index contributed by atoms with van der Waals surface area (Å²) in [6.07, 6.45) is 0. The van der Waals surface area contributed by atoms with E-state index in [2.05, 4.69) is 13.7 Å². The van der Waals surface area contributed by atoms with Crippen molar-refractivity contribution in [3.8, 4) is 0 Å². The predicted molar refractivity (Wildman–Crippen MR) is 12.2 cm³/mol. The van der Waals surface area contributed by atoms with Crippen LogP contribution in [0.1, 0.15) is 0 Å². The van der Waals surface area contributed by atoms with Gasteiger partial charge in [-0.05, 0) is 13.7 Å². The zero-order chi connectivity index (χ0) is 4.62. The van der Waals surface area contributed by atoms with Crippen LogP contribution in [0.15, 0.2) is 0 Å². The Morgan fingerprint density at radius 1 is 1.17 bits per heavy atom. The van der Waals surface area contributed by atoms with Gasteiger partial charge in [-0.15, -0.1) is 0 Å². The third-order valence-electron chi connectivity index (χ3n) is 0.222. The number of hydrogen-bond donors (Lipinski definition) is 0. The maximum atomic E-state index is 9.52. The molecule has 5 nitrogen and oxygen atoms in total. The Morgan fingerprint density at radius 3 is 1.50 bits per heavy atom. The van der Waals surface area contributed by atoms with Gasteiger partial charge in [-0.25, -0.2) is 0 Å². The second-order valence-electron chi connectivity index (χ2n) is 0.612. The summed E-state index contributed by atoms with van der Waals surface area (Å²) in [6.45, 7) is 0. The highest BCUT2D eigenvalue weighted by molar-refractivity contribution is 7.82. The molecular weight excluding hydrogens is 112 g/mol. The highest BCUT2D eigenvalue weighted by Crippen LogP contribution is 2.07. The molecule has 0 spiro atoms. The molecule has 0 aromatic heterocycles. The molecule has 1 fully saturated rings. The zero-order valence-corrected chi connectivity index (χ0v) is 3.27. The summed E-state index contributed by atoms with van der Waals surface area (Å²) >= 11 is 0. The number of hydrogen-bond acceptors (Lipinski definition) is 5. The lowest BCUT2D eigenvalue weighted by atomic mass is 14.5. The van der Waals surface area contributed by atoms with Gasteiger partial charge in [0.25, 0.3) is 0 Å². The topological polar surface area (TPSA) is 61.8 Å². The van der Waals surface area contributed by atoms with E-state index in [-0.39, 0.29) is 0 Å². The Hall–Kier alpha value is -0.170. The van der Waals surface area contributed by atoms with Crippen molar-refractivity contribution < 1.29 is 22.1 Å². The van der Waals surface area contributed by atoms with Crippen molar-refractivity contribution in [2.75, 3.05) is 0 Å². The summed E-state index contributed by atoms with van der Waals surface area (Å²) < 4.78 is 25.8. The summed E-state index contributed by atoms with van der Waals surface area (Å²) in [5.41, 5.74) is 0. The third-order valence-corrected chi connectivity index (χ3v) is 0.667. The maximum Gasteiger partial charge on any atom is 0.457 e. The smallest absolute Gasteiger partial charge is 0.164 e. The van der Waals surface area contributed by atoms with Crippen molar-refractivity contribution in [1.29, 1.82) is 0 Å². The van der Waals surface area contributed by atoms with Crippen LogP contribution in [0.2, 0.25) is 0 Å². The van der Waals surface area contributed by atoms with E-state index in [1.165, 1.54) is 0 Å². The van der Waals surface area contributed by atoms with E-state index in [1.807, 2.05) is 0 Å². The molecule has 0 N–H and O–H groups in total.